The van der Waals surface area contributed by atoms with E-state index in [0.29, 0.717) is 19.0 Å². The lowest BCUT2D eigenvalue weighted by Crippen LogP contribution is -2.35. The van der Waals surface area contributed by atoms with Gasteiger partial charge in [-0.1, -0.05) is 54.1 Å². The molecule has 0 spiro atoms. The minimum absolute atomic E-state index is 0.0772. The van der Waals surface area contributed by atoms with E-state index in [0.717, 1.165) is 37.4 Å². The number of nitrogens with zero attached hydrogens (tertiary/aromatic N) is 3. The standard InChI is InChI=1S/C30H42N3O4P/c1-31(2)20-17-24-7-5-9-27(14-11-24)38(28-15-12-25(13-16-28)18-21-32(3)4)22-19-30(36)37-33-23-26(34)8-6-10-29(33)35/h7,9,11-16H,5-6,8,10,17-23H2,1-4H3. The van der Waals surface area contributed by atoms with Crippen LogP contribution in [0.3, 0.4) is 0 Å². The third-order valence-electron chi connectivity index (χ3n) is 6.63. The van der Waals surface area contributed by atoms with Crippen molar-refractivity contribution < 1.29 is 19.2 Å². The lowest BCUT2D eigenvalue weighted by molar-refractivity contribution is -0.197. The molecule has 0 radical (unpaired) electrons. The second-order valence-electron chi connectivity index (χ2n) is 10.4. The van der Waals surface area contributed by atoms with E-state index in [4.69, 9.17) is 4.84 Å². The first kappa shape index (κ1) is 29.9. The molecule has 0 saturated carbocycles. The van der Waals surface area contributed by atoms with Crippen LogP contribution >= 0.6 is 7.92 Å². The quantitative estimate of drug-likeness (QED) is 0.374. The van der Waals surface area contributed by atoms with Gasteiger partial charge >= 0.3 is 5.97 Å². The Hall–Kier alpha value is -2.60. The normalized spacial score (nSPS) is 17.3. The minimum atomic E-state index is -0.798. The van der Waals surface area contributed by atoms with E-state index < -0.39 is 13.9 Å². The van der Waals surface area contributed by atoms with Crippen LogP contribution in [-0.2, 0) is 25.6 Å². The lowest BCUT2D eigenvalue weighted by Gasteiger charge is -2.22. The van der Waals surface area contributed by atoms with Crippen molar-refractivity contribution >= 4 is 30.9 Å². The second kappa shape index (κ2) is 15.1. The Kier molecular flexibility index (Phi) is 11.9. The maximum atomic E-state index is 12.8. The lowest BCUT2D eigenvalue weighted by atomic mass is 10.1. The summed E-state index contributed by atoms with van der Waals surface area (Å²) >= 11 is 0. The van der Waals surface area contributed by atoms with Gasteiger partial charge in [0.05, 0.1) is 6.42 Å². The molecule has 1 aromatic rings. The molecule has 1 aliphatic carbocycles. The number of benzene rings is 1. The van der Waals surface area contributed by atoms with Crippen LogP contribution in [0, 0.1) is 0 Å². The molecule has 1 saturated heterocycles. The van der Waals surface area contributed by atoms with Gasteiger partial charge in [0.1, 0.15) is 6.54 Å². The third-order valence-corrected chi connectivity index (χ3v) is 9.17. The summed E-state index contributed by atoms with van der Waals surface area (Å²) in [5, 5.41) is 3.42. The van der Waals surface area contributed by atoms with E-state index in [1.165, 1.54) is 21.8 Å². The van der Waals surface area contributed by atoms with Gasteiger partial charge in [-0.25, -0.2) is 4.79 Å². The van der Waals surface area contributed by atoms with Crippen LogP contribution in [-0.4, -0.2) is 86.5 Å². The first-order chi connectivity index (χ1) is 18.2. The molecule has 8 heteroatoms. The molecule has 206 valence electrons. The Morgan fingerprint density at radius 2 is 1.66 bits per heavy atom. The van der Waals surface area contributed by atoms with E-state index in [1.54, 1.807) is 0 Å². The number of hydrogen-bond donors (Lipinski definition) is 0. The number of hydroxylamine groups is 2. The predicted molar refractivity (Wildman–Crippen MR) is 154 cm³/mol. The average Bonchev–Trinajstić information content (AvgIpc) is 3.20. The van der Waals surface area contributed by atoms with Crippen LogP contribution in [0.25, 0.3) is 0 Å². The molecule has 1 heterocycles. The Morgan fingerprint density at radius 1 is 0.947 bits per heavy atom. The number of carbonyl (C=O) groups is 3. The smallest absolute Gasteiger partial charge is 0.332 e. The SMILES string of the molecule is CN(C)CCC1=CCC=C(P(CCC(=O)ON2CC(=O)CCCC2=O)c2ccc(CCN(C)C)cc2)C=C1. The molecule has 7 nitrogen and oxygen atoms in total. The number of ketones is 1. The largest absolute Gasteiger partial charge is 0.338 e. The number of amides is 1. The number of likely N-dealkylation sites (N-methyl/N-ethyl adjacent to an activating group) is 1. The van der Waals surface area contributed by atoms with Crippen molar-refractivity contribution in [1.82, 2.24) is 14.9 Å². The zero-order valence-electron chi connectivity index (χ0n) is 23.3. The van der Waals surface area contributed by atoms with Crippen molar-refractivity contribution in [2.75, 3.05) is 54.0 Å². The Bertz CT molecular complexity index is 1060. The average molecular weight is 540 g/mol. The van der Waals surface area contributed by atoms with E-state index in [9.17, 15) is 14.4 Å². The molecule has 0 bridgehead atoms. The number of rotatable bonds is 12. The Balaban J connectivity index is 1.72. The third kappa shape index (κ3) is 9.94. The fourth-order valence-electron chi connectivity index (χ4n) is 4.34. The molecular formula is C30H42N3O4P. The van der Waals surface area contributed by atoms with Crippen LogP contribution in [0.15, 0.2) is 59.5 Å². The second-order valence-corrected chi connectivity index (χ2v) is 12.8. The summed E-state index contributed by atoms with van der Waals surface area (Å²) in [6, 6.07) is 8.77. The van der Waals surface area contributed by atoms with Gasteiger partial charge in [0.2, 0.25) is 0 Å². The Labute approximate surface area is 228 Å². The maximum Gasteiger partial charge on any atom is 0.332 e. The number of allylic oxidation sites excluding steroid dienone is 5. The number of hydrogen-bond acceptors (Lipinski definition) is 6. The van der Waals surface area contributed by atoms with Crippen LogP contribution in [0.5, 0.6) is 0 Å². The van der Waals surface area contributed by atoms with Crippen molar-refractivity contribution in [3.8, 4) is 0 Å². The first-order valence-corrected chi connectivity index (χ1v) is 15.0. The summed E-state index contributed by atoms with van der Waals surface area (Å²) in [6.07, 6.45) is 13.7. The summed E-state index contributed by atoms with van der Waals surface area (Å²) < 4.78 is 0. The monoisotopic (exact) mass is 539 g/mol. The molecule has 1 unspecified atom stereocenters. The van der Waals surface area contributed by atoms with Gasteiger partial charge < -0.3 is 14.6 Å². The number of Topliss-reactive ketones (excluding diaryl/α,β-unsaturated/α-hetero) is 1. The van der Waals surface area contributed by atoms with Gasteiger partial charge in [-0.15, -0.1) is 0 Å². The zero-order chi connectivity index (χ0) is 27.5. The molecule has 0 aromatic heterocycles. The van der Waals surface area contributed by atoms with Crippen molar-refractivity contribution in [1.29, 1.82) is 0 Å². The Morgan fingerprint density at radius 3 is 2.37 bits per heavy atom. The molecular weight excluding hydrogens is 497 g/mol. The van der Waals surface area contributed by atoms with Crippen molar-refractivity contribution in [2.45, 2.75) is 44.9 Å². The summed E-state index contributed by atoms with van der Waals surface area (Å²) in [4.78, 5) is 46.7. The molecule has 2 aliphatic rings. The summed E-state index contributed by atoms with van der Waals surface area (Å²) in [7, 11) is 7.52. The van der Waals surface area contributed by atoms with Crippen LogP contribution < -0.4 is 5.30 Å². The molecule has 3 rings (SSSR count). The van der Waals surface area contributed by atoms with Crippen molar-refractivity contribution in [3.05, 3.63) is 65.0 Å². The highest BCUT2D eigenvalue weighted by Gasteiger charge is 2.26. The first-order valence-electron chi connectivity index (χ1n) is 13.5. The molecule has 1 aromatic carbocycles. The van der Waals surface area contributed by atoms with E-state index in [-0.39, 0.29) is 31.1 Å². The zero-order valence-corrected chi connectivity index (χ0v) is 24.2. The van der Waals surface area contributed by atoms with Gasteiger partial charge in [-0.05, 0) is 84.1 Å². The van der Waals surface area contributed by atoms with E-state index in [2.05, 4.69) is 86.6 Å². The minimum Gasteiger partial charge on any atom is -0.338 e. The topological polar surface area (TPSA) is 70.2 Å². The highest BCUT2D eigenvalue weighted by molar-refractivity contribution is 7.70. The maximum absolute atomic E-state index is 12.8. The summed E-state index contributed by atoms with van der Waals surface area (Å²) in [6.45, 7) is 1.84. The molecule has 1 amide bonds. The fraction of sp³-hybridized carbons (Fsp3) is 0.500. The van der Waals surface area contributed by atoms with Crippen LogP contribution in [0.4, 0.5) is 0 Å². The summed E-state index contributed by atoms with van der Waals surface area (Å²) in [5.74, 6) is -0.844. The highest BCUT2D eigenvalue weighted by Crippen LogP contribution is 2.46. The van der Waals surface area contributed by atoms with Gasteiger partial charge in [0, 0.05) is 25.9 Å². The fourth-order valence-corrected chi connectivity index (χ4v) is 6.65. The number of carbonyl (C=O) groups excluding carboxylic acids is 3. The van der Waals surface area contributed by atoms with Crippen LogP contribution in [0.1, 0.15) is 44.1 Å². The van der Waals surface area contributed by atoms with Gasteiger partial charge in [-0.3, -0.25) is 9.59 Å². The highest BCUT2D eigenvalue weighted by atomic mass is 31.1. The van der Waals surface area contributed by atoms with E-state index >= 15 is 0 Å². The van der Waals surface area contributed by atoms with Crippen molar-refractivity contribution in [2.24, 2.45) is 0 Å². The molecule has 1 atom stereocenters. The van der Waals surface area contributed by atoms with Gasteiger partial charge in [0.15, 0.2) is 5.78 Å². The predicted octanol–water partition coefficient (Wildman–Crippen LogP) is 4.05. The summed E-state index contributed by atoms with van der Waals surface area (Å²) in [5.41, 5.74) is 2.61. The van der Waals surface area contributed by atoms with Crippen molar-refractivity contribution in [3.63, 3.8) is 0 Å². The van der Waals surface area contributed by atoms with E-state index in [1.807, 2.05) is 0 Å². The van der Waals surface area contributed by atoms with Crippen LogP contribution in [0.2, 0.25) is 0 Å². The molecule has 1 aliphatic heterocycles. The van der Waals surface area contributed by atoms with Gasteiger partial charge in [0.25, 0.3) is 5.91 Å². The molecule has 38 heavy (non-hydrogen) atoms. The molecule has 1 fully saturated rings. The van der Waals surface area contributed by atoms with Gasteiger partial charge in [-0.2, -0.15) is 5.06 Å². The molecule has 0 N–H and O–H groups in total.